The Balaban J connectivity index is 2.97. The van der Waals surface area contributed by atoms with E-state index in [4.69, 9.17) is 5.73 Å². The molecule has 0 bridgehead atoms. The van der Waals surface area contributed by atoms with Gasteiger partial charge in [0, 0.05) is 24.2 Å². The fourth-order valence-corrected chi connectivity index (χ4v) is 2.28. The van der Waals surface area contributed by atoms with E-state index in [-0.39, 0.29) is 11.9 Å². The van der Waals surface area contributed by atoms with Gasteiger partial charge in [-0.05, 0) is 43.9 Å². The molecule has 1 unspecified atom stereocenters. The Morgan fingerprint density at radius 2 is 2.00 bits per heavy atom. The molecule has 114 valence electrons. The number of carbonyl (C=O) groups excluding carboxylic acids is 1. The lowest BCUT2D eigenvalue weighted by Crippen LogP contribution is -2.35. The second-order valence-corrected chi connectivity index (χ2v) is 5.93. The van der Waals surface area contributed by atoms with E-state index >= 15 is 0 Å². The molecule has 1 aromatic rings. The van der Waals surface area contributed by atoms with E-state index < -0.39 is 0 Å². The van der Waals surface area contributed by atoms with E-state index in [1.807, 2.05) is 37.1 Å². The minimum Gasteiger partial charge on any atom is -0.339 e. The first kappa shape index (κ1) is 17.3. The van der Waals surface area contributed by atoms with Crippen molar-refractivity contribution in [3.63, 3.8) is 0 Å². The van der Waals surface area contributed by atoms with Crippen LogP contribution in [0.2, 0.25) is 0 Å². The first-order valence-electron chi connectivity index (χ1n) is 7.43. The Kier molecular flexibility index (Phi) is 6.45. The van der Waals surface area contributed by atoms with Crippen LogP contribution in [0.1, 0.15) is 48.7 Å². The summed E-state index contributed by atoms with van der Waals surface area (Å²) in [6.07, 6.45) is 0.994. The number of amides is 1. The molecule has 1 aromatic carbocycles. The van der Waals surface area contributed by atoms with Gasteiger partial charge in [0.05, 0.1) is 6.54 Å². The summed E-state index contributed by atoms with van der Waals surface area (Å²) in [6, 6.07) is 5.88. The van der Waals surface area contributed by atoms with Crippen molar-refractivity contribution in [3.05, 3.63) is 34.9 Å². The monoisotopic (exact) mass is 286 g/mol. The average molecular weight is 286 g/mol. The summed E-state index contributed by atoms with van der Waals surface area (Å²) >= 11 is 0. The van der Waals surface area contributed by atoms with E-state index in [2.05, 4.69) is 32.6 Å². The van der Waals surface area contributed by atoms with E-state index in [1.165, 1.54) is 0 Å². The summed E-state index contributed by atoms with van der Waals surface area (Å²) in [7, 11) is 1.86. The van der Waals surface area contributed by atoms with E-state index in [0.29, 0.717) is 18.0 Å². The van der Waals surface area contributed by atoms with Crippen molar-refractivity contribution in [2.45, 2.75) is 40.2 Å². The summed E-state index contributed by atoms with van der Waals surface area (Å²) in [6.45, 7) is 8.73. The van der Waals surface area contributed by atoms with Crippen LogP contribution < -0.4 is 5.73 Å². The topological polar surface area (TPSA) is 46.3 Å². The maximum absolute atomic E-state index is 12.6. The van der Waals surface area contributed by atoms with E-state index in [1.54, 1.807) is 0 Å². The number of rotatable bonds is 4. The number of nitrogens with two attached hydrogens (primary N) is 1. The first-order valence-corrected chi connectivity index (χ1v) is 7.43. The van der Waals surface area contributed by atoms with Crippen molar-refractivity contribution >= 4 is 5.91 Å². The Bertz CT molecular complexity index is 552. The van der Waals surface area contributed by atoms with Gasteiger partial charge < -0.3 is 10.6 Å². The van der Waals surface area contributed by atoms with E-state index in [9.17, 15) is 4.79 Å². The smallest absolute Gasteiger partial charge is 0.253 e. The Labute approximate surface area is 128 Å². The maximum Gasteiger partial charge on any atom is 0.253 e. The van der Waals surface area contributed by atoms with Crippen molar-refractivity contribution in [1.82, 2.24) is 4.90 Å². The molecule has 0 saturated carbocycles. The number of aryl methyl sites for hydroxylation is 1. The molecule has 0 spiro atoms. The second kappa shape index (κ2) is 7.85. The lowest BCUT2D eigenvalue weighted by atomic mass is 10.0. The van der Waals surface area contributed by atoms with Gasteiger partial charge in [-0.3, -0.25) is 4.79 Å². The summed E-state index contributed by atoms with van der Waals surface area (Å²) in [4.78, 5) is 14.4. The molecule has 0 fully saturated rings. The van der Waals surface area contributed by atoms with Crippen molar-refractivity contribution in [2.24, 2.45) is 11.7 Å². The molecule has 2 N–H and O–H groups in total. The van der Waals surface area contributed by atoms with Gasteiger partial charge >= 0.3 is 0 Å². The van der Waals surface area contributed by atoms with Crippen LogP contribution in [-0.4, -0.2) is 30.4 Å². The highest BCUT2D eigenvalue weighted by molar-refractivity contribution is 5.94. The standard InChI is InChI=1S/C18H26N2O/c1-13(2)11-15(4)20(5)18(21)17-9-8-14(3)16(12-17)7-6-10-19/h8-9,12-13,15H,10-11,19H2,1-5H3. The zero-order valence-corrected chi connectivity index (χ0v) is 13.7. The highest BCUT2D eigenvalue weighted by Crippen LogP contribution is 2.16. The van der Waals surface area contributed by atoms with Gasteiger partial charge in [-0.2, -0.15) is 0 Å². The van der Waals surface area contributed by atoms with Crippen molar-refractivity contribution in [1.29, 1.82) is 0 Å². The van der Waals surface area contributed by atoms with Gasteiger partial charge in [-0.25, -0.2) is 0 Å². The lowest BCUT2D eigenvalue weighted by molar-refractivity contribution is 0.0728. The molecular weight excluding hydrogens is 260 g/mol. The minimum absolute atomic E-state index is 0.0407. The lowest BCUT2D eigenvalue weighted by Gasteiger charge is -2.26. The maximum atomic E-state index is 12.6. The third kappa shape index (κ3) is 4.91. The second-order valence-electron chi connectivity index (χ2n) is 5.93. The van der Waals surface area contributed by atoms with Crippen molar-refractivity contribution < 1.29 is 4.79 Å². The number of hydrogen-bond donors (Lipinski definition) is 1. The van der Waals surface area contributed by atoms with Crippen LogP contribution in [0.25, 0.3) is 0 Å². The molecule has 0 aliphatic carbocycles. The quantitative estimate of drug-likeness (QED) is 0.865. The largest absolute Gasteiger partial charge is 0.339 e. The zero-order valence-electron chi connectivity index (χ0n) is 13.7. The minimum atomic E-state index is 0.0407. The molecule has 0 aliphatic heterocycles. The number of carbonyl (C=O) groups is 1. The predicted octanol–water partition coefficient (Wildman–Crippen LogP) is 2.81. The molecule has 0 heterocycles. The third-order valence-corrected chi connectivity index (χ3v) is 3.60. The van der Waals surface area contributed by atoms with Crippen LogP contribution in [-0.2, 0) is 0 Å². The van der Waals surface area contributed by atoms with Crippen LogP contribution >= 0.6 is 0 Å². The number of nitrogens with zero attached hydrogens (tertiary/aromatic N) is 1. The van der Waals surface area contributed by atoms with Crippen LogP contribution in [0.5, 0.6) is 0 Å². The average Bonchev–Trinajstić information content (AvgIpc) is 2.44. The number of hydrogen-bond acceptors (Lipinski definition) is 2. The van der Waals surface area contributed by atoms with Crippen LogP contribution in [0.15, 0.2) is 18.2 Å². The molecule has 1 rings (SSSR count). The van der Waals surface area contributed by atoms with Gasteiger partial charge in [0.25, 0.3) is 5.91 Å². The fraction of sp³-hybridized carbons (Fsp3) is 0.500. The molecule has 1 atom stereocenters. The molecule has 0 saturated heterocycles. The summed E-state index contributed by atoms with van der Waals surface area (Å²) < 4.78 is 0. The Hall–Kier alpha value is -1.79. The van der Waals surface area contributed by atoms with Crippen LogP contribution in [0.4, 0.5) is 0 Å². The molecule has 0 aromatic heterocycles. The molecular formula is C18H26N2O. The Morgan fingerprint density at radius 1 is 1.33 bits per heavy atom. The van der Waals surface area contributed by atoms with Crippen molar-refractivity contribution in [3.8, 4) is 11.8 Å². The summed E-state index contributed by atoms with van der Waals surface area (Å²) in [5.41, 5.74) is 8.02. The van der Waals surface area contributed by atoms with Gasteiger partial charge in [0.2, 0.25) is 0 Å². The van der Waals surface area contributed by atoms with E-state index in [0.717, 1.165) is 17.5 Å². The van der Waals surface area contributed by atoms with Crippen LogP contribution in [0.3, 0.4) is 0 Å². The molecule has 0 radical (unpaired) electrons. The van der Waals surface area contributed by atoms with Crippen LogP contribution in [0, 0.1) is 24.7 Å². The number of benzene rings is 1. The zero-order chi connectivity index (χ0) is 16.0. The molecule has 1 amide bonds. The Morgan fingerprint density at radius 3 is 2.57 bits per heavy atom. The SMILES string of the molecule is Cc1ccc(C(=O)N(C)C(C)CC(C)C)cc1C#CCN. The summed E-state index contributed by atoms with van der Waals surface area (Å²) in [5, 5.41) is 0. The molecule has 3 nitrogen and oxygen atoms in total. The molecule has 3 heteroatoms. The van der Waals surface area contributed by atoms with Gasteiger partial charge in [0.1, 0.15) is 0 Å². The summed E-state index contributed by atoms with van der Waals surface area (Å²) in [5.74, 6) is 6.47. The van der Waals surface area contributed by atoms with Gasteiger partial charge in [-0.15, -0.1) is 0 Å². The van der Waals surface area contributed by atoms with Gasteiger partial charge in [0.15, 0.2) is 0 Å². The fourth-order valence-electron chi connectivity index (χ4n) is 2.28. The molecule has 21 heavy (non-hydrogen) atoms. The normalized spacial score (nSPS) is 11.8. The highest BCUT2D eigenvalue weighted by atomic mass is 16.2. The molecule has 0 aliphatic rings. The van der Waals surface area contributed by atoms with Gasteiger partial charge in [-0.1, -0.05) is 31.8 Å². The third-order valence-electron chi connectivity index (χ3n) is 3.60. The predicted molar refractivity (Wildman–Crippen MR) is 88.1 cm³/mol. The highest BCUT2D eigenvalue weighted by Gasteiger charge is 2.18. The van der Waals surface area contributed by atoms with Crippen molar-refractivity contribution in [2.75, 3.05) is 13.6 Å². The first-order chi connectivity index (χ1) is 9.86.